The maximum absolute atomic E-state index is 10.7. The predicted molar refractivity (Wildman–Crippen MR) is 44.7 cm³/mol. The molecule has 0 bridgehead atoms. The molecule has 0 saturated carbocycles. The molecule has 1 rings (SSSR count). The van der Waals surface area contributed by atoms with Crippen molar-refractivity contribution in [2.24, 2.45) is 0 Å². The molecular weight excluding hydrogens is 160 g/mol. The molecule has 0 aliphatic rings. The number of hydrogen-bond donors (Lipinski definition) is 0. The molecule has 0 aromatic carbocycles. The Morgan fingerprint density at radius 3 is 3.09 bits per heavy atom. The normalized spacial score (nSPS) is 9.55. The second kappa shape index (κ2) is 4.13. The highest BCUT2D eigenvalue weighted by atomic mass is 32.1. The van der Waals surface area contributed by atoms with Gasteiger partial charge in [0.15, 0.2) is 0 Å². The molecule has 1 heterocycles. The summed E-state index contributed by atoms with van der Waals surface area (Å²) in [5, 5.41) is 4.05. The second-order valence-corrected chi connectivity index (χ2v) is 2.99. The first-order chi connectivity index (χ1) is 5.33. The standard InChI is InChI=1S/C8H10O2S/c1-10-8(9)3-2-7-4-5-11-6-7/h4-6H,2-3H2,1H3. The van der Waals surface area contributed by atoms with Gasteiger partial charge in [0, 0.05) is 6.42 Å². The number of ether oxygens (including phenoxy) is 1. The van der Waals surface area contributed by atoms with E-state index in [9.17, 15) is 4.79 Å². The fourth-order valence-corrected chi connectivity index (χ4v) is 1.49. The van der Waals surface area contributed by atoms with E-state index in [-0.39, 0.29) is 5.97 Å². The molecular formula is C8H10O2S. The minimum absolute atomic E-state index is 0.142. The van der Waals surface area contributed by atoms with Gasteiger partial charge in [-0.1, -0.05) is 0 Å². The molecule has 0 fully saturated rings. The number of esters is 1. The first-order valence-electron chi connectivity index (χ1n) is 3.41. The second-order valence-electron chi connectivity index (χ2n) is 2.21. The van der Waals surface area contributed by atoms with E-state index in [0.717, 1.165) is 6.42 Å². The van der Waals surface area contributed by atoms with Crippen LogP contribution in [-0.4, -0.2) is 13.1 Å². The van der Waals surface area contributed by atoms with Crippen molar-refractivity contribution in [2.75, 3.05) is 7.11 Å². The van der Waals surface area contributed by atoms with Gasteiger partial charge in [-0.25, -0.2) is 0 Å². The molecule has 11 heavy (non-hydrogen) atoms. The Morgan fingerprint density at radius 1 is 1.73 bits per heavy atom. The van der Waals surface area contributed by atoms with Crippen LogP contribution in [0.3, 0.4) is 0 Å². The average molecular weight is 170 g/mol. The Bertz CT molecular complexity index is 216. The summed E-state index contributed by atoms with van der Waals surface area (Å²) < 4.78 is 4.51. The van der Waals surface area contributed by atoms with Crippen molar-refractivity contribution >= 4 is 17.3 Å². The topological polar surface area (TPSA) is 26.3 Å². The van der Waals surface area contributed by atoms with Gasteiger partial charge in [-0.15, -0.1) is 0 Å². The van der Waals surface area contributed by atoms with E-state index in [1.165, 1.54) is 12.7 Å². The van der Waals surface area contributed by atoms with Gasteiger partial charge in [-0.2, -0.15) is 11.3 Å². The zero-order valence-corrected chi connectivity index (χ0v) is 7.19. The smallest absolute Gasteiger partial charge is 0.305 e. The third-order valence-electron chi connectivity index (χ3n) is 1.43. The fraction of sp³-hybridized carbons (Fsp3) is 0.375. The van der Waals surface area contributed by atoms with Crippen molar-refractivity contribution in [3.8, 4) is 0 Å². The van der Waals surface area contributed by atoms with Crippen LogP contribution in [0.2, 0.25) is 0 Å². The maximum atomic E-state index is 10.7. The fourth-order valence-electron chi connectivity index (χ4n) is 0.783. The van der Waals surface area contributed by atoms with Crippen LogP contribution in [0, 0.1) is 0 Å². The van der Waals surface area contributed by atoms with Crippen molar-refractivity contribution < 1.29 is 9.53 Å². The number of carbonyl (C=O) groups excluding carboxylic acids is 1. The van der Waals surface area contributed by atoms with Gasteiger partial charge in [0.1, 0.15) is 0 Å². The molecule has 0 aliphatic heterocycles. The Balaban J connectivity index is 2.29. The number of rotatable bonds is 3. The molecule has 0 unspecified atom stereocenters. The van der Waals surface area contributed by atoms with Crippen LogP contribution in [0.15, 0.2) is 16.8 Å². The molecule has 0 amide bonds. The SMILES string of the molecule is COC(=O)CCc1ccsc1. The lowest BCUT2D eigenvalue weighted by Crippen LogP contribution is -2.00. The van der Waals surface area contributed by atoms with E-state index in [2.05, 4.69) is 4.74 Å². The van der Waals surface area contributed by atoms with Crippen LogP contribution >= 0.6 is 11.3 Å². The largest absolute Gasteiger partial charge is 0.469 e. The van der Waals surface area contributed by atoms with Crippen molar-refractivity contribution in [1.29, 1.82) is 0 Å². The molecule has 60 valence electrons. The van der Waals surface area contributed by atoms with Crippen LogP contribution in [-0.2, 0) is 16.0 Å². The number of carbonyl (C=O) groups is 1. The summed E-state index contributed by atoms with van der Waals surface area (Å²) >= 11 is 1.65. The number of methoxy groups -OCH3 is 1. The lowest BCUT2D eigenvalue weighted by Gasteiger charge is -1.95. The zero-order valence-electron chi connectivity index (χ0n) is 6.37. The summed E-state index contributed by atoms with van der Waals surface area (Å²) in [6.45, 7) is 0. The van der Waals surface area contributed by atoms with Gasteiger partial charge in [-0.3, -0.25) is 4.79 Å². The van der Waals surface area contributed by atoms with Gasteiger partial charge in [0.2, 0.25) is 0 Å². The number of hydrogen-bond acceptors (Lipinski definition) is 3. The monoisotopic (exact) mass is 170 g/mol. The minimum Gasteiger partial charge on any atom is -0.469 e. The van der Waals surface area contributed by atoms with Gasteiger partial charge in [-0.05, 0) is 28.8 Å². The predicted octanol–water partition coefficient (Wildman–Crippen LogP) is 1.85. The van der Waals surface area contributed by atoms with E-state index in [1.807, 2.05) is 16.8 Å². The van der Waals surface area contributed by atoms with Crippen LogP contribution in [0.25, 0.3) is 0 Å². The van der Waals surface area contributed by atoms with E-state index >= 15 is 0 Å². The number of thiophene rings is 1. The van der Waals surface area contributed by atoms with Crippen LogP contribution in [0.1, 0.15) is 12.0 Å². The summed E-state index contributed by atoms with van der Waals surface area (Å²) in [5.74, 6) is -0.142. The van der Waals surface area contributed by atoms with Crippen molar-refractivity contribution in [3.05, 3.63) is 22.4 Å². The Morgan fingerprint density at radius 2 is 2.55 bits per heavy atom. The highest BCUT2D eigenvalue weighted by molar-refractivity contribution is 7.07. The highest BCUT2D eigenvalue weighted by Gasteiger charge is 2.00. The summed E-state index contributed by atoms with van der Waals surface area (Å²) in [7, 11) is 1.41. The molecule has 3 heteroatoms. The first-order valence-corrected chi connectivity index (χ1v) is 4.35. The summed E-state index contributed by atoms with van der Waals surface area (Å²) in [4.78, 5) is 10.7. The molecule has 1 aromatic rings. The Hall–Kier alpha value is -0.830. The summed E-state index contributed by atoms with van der Waals surface area (Å²) in [6, 6.07) is 2.02. The first kappa shape index (κ1) is 8.27. The van der Waals surface area contributed by atoms with Crippen molar-refractivity contribution in [1.82, 2.24) is 0 Å². The van der Waals surface area contributed by atoms with Gasteiger partial charge >= 0.3 is 5.97 Å². The lowest BCUT2D eigenvalue weighted by molar-refractivity contribution is -0.140. The minimum atomic E-state index is -0.142. The van der Waals surface area contributed by atoms with Crippen LogP contribution < -0.4 is 0 Å². The molecule has 0 spiro atoms. The molecule has 0 N–H and O–H groups in total. The quantitative estimate of drug-likeness (QED) is 0.647. The average Bonchev–Trinajstić information content (AvgIpc) is 2.52. The van der Waals surface area contributed by atoms with Crippen molar-refractivity contribution in [3.63, 3.8) is 0 Å². The van der Waals surface area contributed by atoms with Gasteiger partial charge in [0.25, 0.3) is 0 Å². The van der Waals surface area contributed by atoms with Crippen molar-refractivity contribution in [2.45, 2.75) is 12.8 Å². The molecule has 0 radical (unpaired) electrons. The molecule has 0 saturated heterocycles. The van der Waals surface area contributed by atoms with Crippen LogP contribution in [0.5, 0.6) is 0 Å². The Labute approximate surface area is 69.8 Å². The third-order valence-corrected chi connectivity index (χ3v) is 2.16. The third kappa shape index (κ3) is 2.72. The lowest BCUT2D eigenvalue weighted by atomic mass is 10.2. The molecule has 0 aliphatic carbocycles. The van der Waals surface area contributed by atoms with E-state index in [1.54, 1.807) is 11.3 Å². The molecule has 1 aromatic heterocycles. The van der Waals surface area contributed by atoms with E-state index in [0.29, 0.717) is 6.42 Å². The van der Waals surface area contributed by atoms with E-state index in [4.69, 9.17) is 0 Å². The van der Waals surface area contributed by atoms with Crippen LogP contribution in [0.4, 0.5) is 0 Å². The maximum Gasteiger partial charge on any atom is 0.305 e. The zero-order chi connectivity index (χ0) is 8.10. The molecule has 2 nitrogen and oxygen atoms in total. The molecule has 0 atom stereocenters. The highest BCUT2D eigenvalue weighted by Crippen LogP contribution is 2.08. The summed E-state index contributed by atoms with van der Waals surface area (Å²) in [5.41, 5.74) is 1.21. The summed E-state index contributed by atoms with van der Waals surface area (Å²) in [6.07, 6.45) is 1.27. The number of aryl methyl sites for hydroxylation is 1. The van der Waals surface area contributed by atoms with Gasteiger partial charge < -0.3 is 4.74 Å². The Kier molecular flexibility index (Phi) is 3.11. The van der Waals surface area contributed by atoms with Gasteiger partial charge in [0.05, 0.1) is 7.11 Å². The van der Waals surface area contributed by atoms with E-state index < -0.39 is 0 Å².